The van der Waals surface area contributed by atoms with Crippen LogP contribution < -0.4 is 0 Å². The summed E-state index contributed by atoms with van der Waals surface area (Å²) in [5.41, 5.74) is 11.6. The molecule has 0 N–H and O–H groups in total. The summed E-state index contributed by atoms with van der Waals surface area (Å²) in [6, 6.07) is 51.2. The monoisotopic (exact) mass is 493 g/mol. The molecule has 7 aromatic carbocycles. The van der Waals surface area contributed by atoms with Crippen molar-refractivity contribution in [2.75, 3.05) is 0 Å². The molecule has 0 saturated heterocycles. The van der Waals surface area contributed by atoms with Crippen LogP contribution >= 0.6 is 0 Å². The van der Waals surface area contributed by atoms with Crippen molar-refractivity contribution < 1.29 is 0 Å². The highest BCUT2D eigenvalue weighted by atomic mass is 15.0. The summed E-state index contributed by atoms with van der Waals surface area (Å²) < 4.78 is 2.43. The Bertz CT molecular complexity index is 2270. The Morgan fingerprint density at radius 2 is 1.03 bits per heavy atom. The first-order chi connectivity index (χ1) is 19.4. The lowest BCUT2D eigenvalue weighted by molar-refractivity contribution is 1.19. The lowest BCUT2D eigenvalue weighted by Crippen LogP contribution is -1.94. The van der Waals surface area contributed by atoms with Gasteiger partial charge in [-0.25, -0.2) is 0 Å². The third kappa shape index (κ3) is 2.79. The van der Waals surface area contributed by atoms with E-state index >= 15 is 0 Å². The molecule has 180 valence electrons. The van der Waals surface area contributed by atoms with E-state index in [0.717, 1.165) is 0 Å². The molecule has 0 radical (unpaired) electrons. The maximum Gasteiger partial charge on any atom is 0.0619 e. The van der Waals surface area contributed by atoms with E-state index in [1.807, 2.05) is 0 Å². The molecule has 0 fully saturated rings. The molecule has 0 aliphatic heterocycles. The lowest BCUT2D eigenvalue weighted by Gasteiger charge is -2.13. The highest BCUT2D eigenvalue weighted by molar-refractivity contribution is 6.21. The summed E-state index contributed by atoms with van der Waals surface area (Å²) in [5, 5.41) is 7.79. The number of hydrogen-bond acceptors (Lipinski definition) is 0. The minimum Gasteiger partial charge on any atom is -0.309 e. The van der Waals surface area contributed by atoms with Crippen LogP contribution in [-0.4, -0.2) is 4.57 Å². The molecule has 0 atom stereocenters. The first kappa shape index (κ1) is 20.9. The average molecular weight is 494 g/mol. The Labute approximate surface area is 226 Å². The second-order valence-corrected chi connectivity index (χ2v) is 10.5. The predicted molar refractivity (Wildman–Crippen MR) is 166 cm³/mol. The van der Waals surface area contributed by atoms with Crippen molar-refractivity contribution in [3.8, 4) is 39.1 Å². The highest BCUT2D eigenvalue weighted by Gasteiger charge is 2.22. The Kier molecular flexibility index (Phi) is 4.11. The van der Waals surface area contributed by atoms with Gasteiger partial charge in [-0.2, -0.15) is 0 Å². The number of aromatic nitrogens is 1. The van der Waals surface area contributed by atoms with E-state index in [-0.39, 0.29) is 0 Å². The molecule has 0 saturated carbocycles. The van der Waals surface area contributed by atoms with E-state index in [1.165, 1.54) is 82.4 Å². The molecule has 1 heterocycles. The van der Waals surface area contributed by atoms with Crippen molar-refractivity contribution >= 4 is 43.4 Å². The number of nitrogens with zero attached hydrogens (tertiary/aromatic N) is 1. The van der Waals surface area contributed by atoms with Gasteiger partial charge in [0.15, 0.2) is 0 Å². The fraction of sp³-hybridized carbons (Fsp3) is 0. The standard InChI is InChI=1S/C38H23N/c1-2-11-26(12-3-1)39-36-19-7-6-15-31(36)34-21-20-30-27(16-9-18-33(30)38(34)39)25-22-24-10-8-17-32-28-13-4-5-14-29(28)35(23-25)37(24)32/h1-23H. The zero-order valence-corrected chi connectivity index (χ0v) is 21.2. The summed E-state index contributed by atoms with van der Waals surface area (Å²) in [6.07, 6.45) is 0. The van der Waals surface area contributed by atoms with Gasteiger partial charge in [0.05, 0.1) is 11.0 Å². The van der Waals surface area contributed by atoms with E-state index in [0.29, 0.717) is 0 Å². The summed E-state index contributed by atoms with van der Waals surface area (Å²) in [7, 11) is 0. The van der Waals surface area contributed by atoms with Gasteiger partial charge in [0.1, 0.15) is 0 Å². The number of para-hydroxylation sites is 2. The van der Waals surface area contributed by atoms with Gasteiger partial charge < -0.3 is 4.57 Å². The summed E-state index contributed by atoms with van der Waals surface area (Å²) in [5.74, 6) is 0. The van der Waals surface area contributed by atoms with Gasteiger partial charge in [0.25, 0.3) is 0 Å². The van der Waals surface area contributed by atoms with Crippen LogP contribution in [0.25, 0.3) is 82.4 Å². The lowest BCUT2D eigenvalue weighted by atomic mass is 9.92. The van der Waals surface area contributed by atoms with Crippen LogP contribution in [0.2, 0.25) is 0 Å². The minimum atomic E-state index is 1.18. The van der Waals surface area contributed by atoms with E-state index < -0.39 is 0 Å². The fourth-order valence-electron chi connectivity index (χ4n) is 6.89. The van der Waals surface area contributed by atoms with Crippen LogP contribution in [0.15, 0.2) is 140 Å². The normalized spacial score (nSPS) is 12.1. The first-order valence-electron chi connectivity index (χ1n) is 13.5. The molecule has 9 rings (SSSR count). The van der Waals surface area contributed by atoms with Crippen molar-refractivity contribution in [3.05, 3.63) is 140 Å². The van der Waals surface area contributed by atoms with E-state index in [9.17, 15) is 0 Å². The van der Waals surface area contributed by atoms with Gasteiger partial charge in [-0.15, -0.1) is 0 Å². The summed E-state index contributed by atoms with van der Waals surface area (Å²) in [6.45, 7) is 0. The Morgan fingerprint density at radius 1 is 0.385 bits per heavy atom. The zero-order valence-electron chi connectivity index (χ0n) is 21.2. The number of rotatable bonds is 2. The predicted octanol–water partition coefficient (Wildman–Crippen LogP) is 10.4. The molecule has 39 heavy (non-hydrogen) atoms. The molecule has 1 heteroatoms. The van der Waals surface area contributed by atoms with Crippen molar-refractivity contribution in [3.63, 3.8) is 0 Å². The molecule has 0 bridgehead atoms. The summed E-state index contributed by atoms with van der Waals surface area (Å²) in [4.78, 5) is 0. The molecular weight excluding hydrogens is 470 g/mol. The molecule has 1 aliphatic rings. The van der Waals surface area contributed by atoms with Crippen LogP contribution in [0, 0.1) is 0 Å². The van der Waals surface area contributed by atoms with Gasteiger partial charge >= 0.3 is 0 Å². The number of hydrogen-bond donors (Lipinski definition) is 0. The van der Waals surface area contributed by atoms with Gasteiger partial charge in [0.2, 0.25) is 0 Å². The smallest absolute Gasteiger partial charge is 0.0619 e. The Balaban J connectivity index is 1.38. The van der Waals surface area contributed by atoms with E-state index in [4.69, 9.17) is 0 Å². The van der Waals surface area contributed by atoms with Crippen molar-refractivity contribution in [2.45, 2.75) is 0 Å². The molecule has 1 aliphatic carbocycles. The maximum absolute atomic E-state index is 2.43. The molecule has 0 spiro atoms. The van der Waals surface area contributed by atoms with Crippen LogP contribution in [0.1, 0.15) is 0 Å². The highest BCUT2D eigenvalue weighted by Crippen LogP contribution is 2.49. The second-order valence-electron chi connectivity index (χ2n) is 10.5. The third-order valence-corrected chi connectivity index (χ3v) is 8.50. The van der Waals surface area contributed by atoms with Crippen LogP contribution in [0.5, 0.6) is 0 Å². The third-order valence-electron chi connectivity index (χ3n) is 8.50. The van der Waals surface area contributed by atoms with Gasteiger partial charge in [-0.3, -0.25) is 0 Å². The van der Waals surface area contributed by atoms with Gasteiger partial charge in [-0.1, -0.05) is 109 Å². The molecule has 8 aromatic rings. The topological polar surface area (TPSA) is 4.93 Å². The Hall–Kier alpha value is -5.14. The van der Waals surface area contributed by atoms with Crippen molar-refractivity contribution in [1.29, 1.82) is 0 Å². The van der Waals surface area contributed by atoms with Gasteiger partial charge in [-0.05, 0) is 79.9 Å². The maximum atomic E-state index is 2.43. The van der Waals surface area contributed by atoms with Crippen LogP contribution in [0.4, 0.5) is 0 Å². The van der Waals surface area contributed by atoms with Crippen LogP contribution in [0.3, 0.4) is 0 Å². The summed E-state index contributed by atoms with van der Waals surface area (Å²) >= 11 is 0. The number of benzene rings is 7. The number of fused-ring (bicyclic) bond motifs is 8. The molecular formula is C38H23N. The molecule has 1 aromatic heterocycles. The average Bonchev–Trinajstić information content (AvgIpc) is 3.52. The van der Waals surface area contributed by atoms with E-state index in [1.54, 1.807) is 0 Å². The van der Waals surface area contributed by atoms with E-state index in [2.05, 4.69) is 144 Å². The SMILES string of the molecule is c1ccc(-n2c3ccccc3c3ccc4c(-c5cc6c7c(cccc7c5)-c5ccccc5-6)cccc4c32)cc1. The van der Waals surface area contributed by atoms with Crippen molar-refractivity contribution in [1.82, 2.24) is 4.57 Å². The molecule has 0 unspecified atom stereocenters. The molecule has 0 amide bonds. The second kappa shape index (κ2) is 7.69. The van der Waals surface area contributed by atoms with Gasteiger partial charge in [0, 0.05) is 21.8 Å². The molecule has 1 nitrogen and oxygen atoms in total. The zero-order chi connectivity index (χ0) is 25.5. The minimum absolute atomic E-state index is 1.18. The van der Waals surface area contributed by atoms with Crippen LogP contribution in [-0.2, 0) is 0 Å². The quantitative estimate of drug-likeness (QED) is 0.226. The van der Waals surface area contributed by atoms with Crippen molar-refractivity contribution in [2.24, 2.45) is 0 Å². The first-order valence-corrected chi connectivity index (χ1v) is 13.5. The fourth-order valence-corrected chi connectivity index (χ4v) is 6.89. The Morgan fingerprint density at radius 3 is 1.92 bits per heavy atom. The largest absolute Gasteiger partial charge is 0.309 e.